The molecule has 0 saturated heterocycles. The quantitative estimate of drug-likeness (QED) is 0.747. The molecule has 0 aliphatic rings. The Balaban J connectivity index is 2.59. The molecule has 0 bridgehead atoms. The number of methoxy groups -OCH3 is 2. The van der Waals surface area contributed by atoms with Gasteiger partial charge >= 0.3 is 0 Å². The van der Waals surface area contributed by atoms with E-state index in [4.69, 9.17) is 9.47 Å². The van der Waals surface area contributed by atoms with Gasteiger partial charge in [0, 0.05) is 0 Å². The van der Waals surface area contributed by atoms with E-state index in [0.717, 1.165) is 0 Å². The molecule has 1 heterocycles. The summed E-state index contributed by atoms with van der Waals surface area (Å²) in [5.74, 6) is 1.19. The molecule has 0 aliphatic carbocycles. The van der Waals surface area contributed by atoms with Gasteiger partial charge in [0.05, 0.1) is 19.8 Å². The first-order chi connectivity index (χ1) is 8.30. The van der Waals surface area contributed by atoms with Crippen molar-refractivity contribution in [2.24, 2.45) is 0 Å². The fraction of sp³-hybridized carbons (Fsp3) is 0.182. The molecule has 0 aliphatic heterocycles. The van der Waals surface area contributed by atoms with Gasteiger partial charge in [0.2, 0.25) is 0 Å². The number of aromatic nitrogens is 2. The molecule has 2 rings (SSSR count). The summed E-state index contributed by atoms with van der Waals surface area (Å²) in [4.78, 5) is 10.8. The molecule has 6 nitrogen and oxygen atoms in total. The van der Waals surface area contributed by atoms with Gasteiger partial charge in [-0.3, -0.25) is 4.79 Å². The van der Waals surface area contributed by atoms with Gasteiger partial charge in [0.25, 0.3) is 0 Å². The largest absolute Gasteiger partial charge is 0.497 e. The SMILES string of the molecule is COc1ccc(OC)c(-c2nonc2C=O)c1. The lowest BCUT2D eigenvalue weighted by Gasteiger charge is -2.07. The van der Waals surface area contributed by atoms with Crippen LogP contribution >= 0.6 is 0 Å². The van der Waals surface area contributed by atoms with E-state index in [-0.39, 0.29) is 5.69 Å². The molecule has 88 valence electrons. The van der Waals surface area contributed by atoms with Gasteiger partial charge < -0.3 is 9.47 Å². The van der Waals surface area contributed by atoms with E-state index < -0.39 is 0 Å². The number of ether oxygens (including phenoxy) is 2. The number of carbonyl (C=O) groups excluding carboxylic acids is 1. The highest BCUT2D eigenvalue weighted by Gasteiger charge is 2.16. The number of nitrogens with zero attached hydrogens (tertiary/aromatic N) is 2. The summed E-state index contributed by atoms with van der Waals surface area (Å²) in [5, 5.41) is 7.18. The number of hydrogen-bond donors (Lipinski definition) is 0. The molecule has 0 radical (unpaired) electrons. The van der Waals surface area contributed by atoms with Gasteiger partial charge in [0.15, 0.2) is 12.0 Å². The van der Waals surface area contributed by atoms with Crippen LogP contribution in [0.4, 0.5) is 0 Å². The molecule has 0 atom stereocenters. The van der Waals surface area contributed by atoms with Crippen molar-refractivity contribution in [1.29, 1.82) is 0 Å². The summed E-state index contributed by atoms with van der Waals surface area (Å²) in [6.45, 7) is 0. The molecule has 2 aromatic rings. The summed E-state index contributed by atoms with van der Waals surface area (Å²) >= 11 is 0. The minimum atomic E-state index is 0.122. The second-order valence-corrected chi connectivity index (χ2v) is 3.18. The minimum Gasteiger partial charge on any atom is -0.497 e. The molecular weight excluding hydrogens is 224 g/mol. The summed E-state index contributed by atoms with van der Waals surface area (Å²) in [5.41, 5.74) is 1.04. The standard InChI is InChI=1S/C11H10N2O4/c1-15-7-3-4-10(16-2)8(5-7)11-9(6-14)12-17-13-11/h3-6H,1-2H3. The second kappa shape index (κ2) is 4.65. The summed E-state index contributed by atoms with van der Waals surface area (Å²) in [6.07, 6.45) is 0.574. The zero-order chi connectivity index (χ0) is 12.3. The molecule has 0 unspecified atom stereocenters. The Morgan fingerprint density at radius 2 is 2.06 bits per heavy atom. The number of rotatable bonds is 4. The number of benzene rings is 1. The van der Waals surface area contributed by atoms with Gasteiger partial charge in [0.1, 0.15) is 17.2 Å². The topological polar surface area (TPSA) is 74.5 Å². The Bertz CT molecular complexity index is 536. The lowest BCUT2D eigenvalue weighted by molar-refractivity contribution is 0.111. The maximum absolute atomic E-state index is 10.8. The van der Waals surface area contributed by atoms with E-state index >= 15 is 0 Å². The van der Waals surface area contributed by atoms with Gasteiger partial charge in [-0.15, -0.1) is 0 Å². The summed E-state index contributed by atoms with van der Waals surface area (Å²) in [7, 11) is 3.08. The Hall–Kier alpha value is -2.37. The van der Waals surface area contributed by atoms with Crippen LogP contribution in [0.1, 0.15) is 10.5 Å². The Kier molecular flexibility index (Phi) is 3.04. The first-order valence-corrected chi connectivity index (χ1v) is 4.80. The van der Waals surface area contributed by atoms with E-state index in [1.165, 1.54) is 7.11 Å². The summed E-state index contributed by atoms with van der Waals surface area (Å²) < 4.78 is 14.8. The maximum Gasteiger partial charge on any atom is 0.175 e. The fourth-order valence-electron chi connectivity index (χ4n) is 1.46. The predicted octanol–water partition coefficient (Wildman–Crippen LogP) is 1.57. The van der Waals surface area contributed by atoms with Crippen molar-refractivity contribution in [1.82, 2.24) is 10.3 Å². The van der Waals surface area contributed by atoms with Gasteiger partial charge in [-0.25, -0.2) is 4.63 Å². The molecule has 0 spiro atoms. The highest BCUT2D eigenvalue weighted by Crippen LogP contribution is 2.33. The Morgan fingerprint density at radius 1 is 1.24 bits per heavy atom. The fourth-order valence-corrected chi connectivity index (χ4v) is 1.46. The number of carbonyl (C=O) groups is 1. The average Bonchev–Trinajstić information content (AvgIpc) is 2.86. The zero-order valence-corrected chi connectivity index (χ0v) is 9.34. The first-order valence-electron chi connectivity index (χ1n) is 4.80. The molecule has 1 aromatic heterocycles. The molecule has 17 heavy (non-hydrogen) atoms. The van der Waals surface area contributed by atoms with E-state index in [2.05, 4.69) is 14.9 Å². The minimum absolute atomic E-state index is 0.122. The van der Waals surface area contributed by atoms with Crippen molar-refractivity contribution in [2.45, 2.75) is 0 Å². The van der Waals surface area contributed by atoms with Crippen LogP contribution in [0.2, 0.25) is 0 Å². The van der Waals surface area contributed by atoms with Crippen LogP contribution in [0.5, 0.6) is 11.5 Å². The molecule has 0 N–H and O–H groups in total. The van der Waals surface area contributed by atoms with Crippen LogP contribution in [0.15, 0.2) is 22.8 Å². The smallest absolute Gasteiger partial charge is 0.175 e. The highest BCUT2D eigenvalue weighted by atomic mass is 16.6. The molecular formula is C11H10N2O4. The van der Waals surface area contributed by atoms with Crippen LogP contribution in [-0.2, 0) is 0 Å². The van der Waals surface area contributed by atoms with Crippen molar-refractivity contribution in [3.05, 3.63) is 23.9 Å². The van der Waals surface area contributed by atoms with Crippen LogP contribution in [0.25, 0.3) is 11.3 Å². The van der Waals surface area contributed by atoms with Gasteiger partial charge in [-0.05, 0) is 28.5 Å². The number of hydrogen-bond acceptors (Lipinski definition) is 6. The second-order valence-electron chi connectivity index (χ2n) is 3.18. The third kappa shape index (κ3) is 1.96. The van der Waals surface area contributed by atoms with Crippen molar-refractivity contribution >= 4 is 6.29 Å². The van der Waals surface area contributed by atoms with E-state index in [9.17, 15) is 4.79 Å². The predicted molar refractivity (Wildman–Crippen MR) is 58.2 cm³/mol. The van der Waals surface area contributed by atoms with Crippen molar-refractivity contribution in [3.63, 3.8) is 0 Å². The lowest BCUT2D eigenvalue weighted by Crippen LogP contribution is -1.93. The van der Waals surface area contributed by atoms with Crippen LogP contribution in [-0.4, -0.2) is 30.8 Å². The van der Waals surface area contributed by atoms with Crippen molar-refractivity contribution in [3.8, 4) is 22.8 Å². The van der Waals surface area contributed by atoms with Crippen LogP contribution < -0.4 is 9.47 Å². The molecule has 0 amide bonds. The Labute approximate surface area is 97.1 Å². The Morgan fingerprint density at radius 3 is 2.71 bits per heavy atom. The molecule has 0 saturated carbocycles. The van der Waals surface area contributed by atoms with Gasteiger partial charge in [-0.2, -0.15) is 0 Å². The van der Waals surface area contributed by atoms with Crippen molar-refractivity contribution in [2.75, 3.05) is 14.2 Å². The van der Waals surface area contributed by atoms with Crippen LogP contribution in [0.3, 0.4) is 0 Å². The zero-order valence-electron chi connectivity index (χ0n) is 9.34. The molecule has 1 aromatic carbocycles. The molecule has 0 fully saturated rings. The first kappa shape index (κ1) is 11.1. The van der Waals surface area contributed by atoms with Crippen LogP contribution in [0, 0.1) is 0 Å². The van der Waals surface area contributed by atoms with E-state index in [1.54, 1.807) is 25.3 Å². The maximum atomic E-state index is 10.8. The van der Waals surface area contributed by atoms with E-state index in [1.807, 2.05) is 0 Å². The van der Waals surface area contributed by atoms with Crippen molar-refractivity contribution < 1.29 is 18.9 Å². The van der Waals surface area contributed by atoms with Gasteiger partial charge in [-0.1, -0.05) is 0 Å². The third-order valence-corrected chi connectivity index (χ3v) is 2.29. The average molecular weight is 234 g/mol. The monoisotopic (exact) mass is 234 g/mol. The third-order valence-electron chi connectivity index (χ3n) is 2.29. The summed E-state index contributed by atoms with van der Waals surface area (Å²) in [6, 6.07) is 5.17. The normalized spacial score (nSPS) is 10.0. The lowest BCUT2D eigenvalue weighted by atomic mass is 10.1. The highest BCUT2D eigenvalue weighted by molar-refractivity contribution is 5.85. The number of aldehydes is 1. The van der Waals surface area contributed by atoms with E-state index in [0.29, 0.717) is 29.0 Å². The molecule has 6 heteroatoms.